The summed E-state index contributed by atoms with van der Waals surface area (Å²) in [4.78, 5) is 21.3. The van der Waals surface area contributed by atoms with Gasteiger partial charge >= 0.3 is 0 Å². The highest BCUT2D eigenvalue weighted by molar-refractivity contribution is 6.30. The van der Waals surface area contributed by atoms with Crippen LogP contribution in [0, 0.1) is 0 Å². The number of benzene rings is 2. The number of aromatic nitrogens is 4. The molecule has 0 unspecified atom stereocenters. The van der Waals surface area contributed by atoms with Gasteiger partial charge in [0.25, 0.3) is 5.91 Å². The molecule has 0 aliphatic heterocycles. The van der Waals surface area contributed by atoms with Gasteiger partial charge in [-0.1, -0.05) is 30.9 Å². The van der Waals surface area contributed by atoms with Crippen LogP contribution in [0.4, 0.5) is 11.5 Å². The van der Waals surface area contributed by atoms with E-state index in [1.54, 1.807) is 10.9 Å². The van der Waals surface area contributed by atoms with Gasteiger partial charge in [-0.15, -0.1) is 0 Å². The van der Waals surface area contributed by atoms with Gasteiger partial charge in [0, 0.05) is 22.3 Å². The number of hydrogen-bond acceptors (Lipinski definition) is 5. The Hall–Kier alpha value is -3.45. The molecule has 0 radical (unpaired) electrons. The molecule has 2 N–H and O–H groups in total. The van der Waals surface area contributed by atoms with Crippen molar-refractivity contribution < 1.29 is 4.79 Å². The summed E-state index contributed by atoms with van der Waals surface area (Å²) in [5.41, 5.74) is 3.04. The second kappa shape index (κ2) is 8.96. The molecule has 1 amide bonds. The minimum absolute atomic E-state index is 0.0166. The summed E-state index contributed by atoms with van der Waals surface area (Å²) < 4.78 is 1.75. The number of nitrogens with one attached hydrogen (secondary N) is 2. The van der Waals surface area contributed by atoms with Gasteiger partial charge in [0.15, 0.2) is 5.65 Å². The van der Waals surface area contributed by atoms with E-state index in [2.05, 4.69) is 25.7 Å². The fourth-order valence-corrected chi connectivity index (χ4v) is 4.20. The van der Waals surface area contributed by atoms with Gasteiger partial charge < -0.3 is 10.6 Å². The first kappa shape index (κ1) is 20.5. The fourth-order valence-electron chi connectivity index (χ4n) is 4.07. The van der Waals surface area contributed by atoms with Gasteiger partial charge in [-0.05, 0) is 61.4 Å². The molecule has 1 fully saturated rings. The van der Waals surface area contributed by atoms with Crippen LogP contribution in [0.25, 0.3) is 16.7 Å². The number of anilines is 2. The Morgan fingerprint density at radius 1 is 0.969 bits per heavy atom. The van der Waals surface area contributed by atoms with Gasteiger partial charge in [-0.25, -0.2) is 14.6 Å². The van der Waals surface area contributed by atoms with E-state index >= 15 is 0 Å². The largest absolute Gasteiger partial charge is 0.349 e. The third kappa shape index (κ3) is 4.29. The molecule has 1 aliphatic rings. The number of halogens is 1. The Labute approximate surface area is 190 Å². The Morgan fingerprint density at radius 2 is 1.72 bits per heavy atom. The molecule has 2 aromatic heterocycles. The van der Waals surface area contributed by atoms with Crippen molar-refractivity contribution in [3.63, 3.8) is 0 Å². The molecular weight excluding hydrogens is 424 g/mol. The molecule has 0 bridgehead atoms. The van der Waals surface area contributed by atoms with Crippen LogP contribution < -0.4 is 10.6 Å². The number of carbonyl (C=O) groups excluding carboxylic acids is 1. The Balaban J connectivity index is 1.33. The molecule has 1 saturated carbocycles. The lowest BCUT2D eigenvalue weighted by Gasteiger charge is -2.22. The molecule has 4 aromatic rings. The molecule has 2 heterocycles. The number of nitrogens with zero attached hydrogens (tertiary/aromatic N) is 4. The summed E-state index contributed by atoms with van der Waals surface area (Å²) in [6.45, 7) is 0. The molecule has 0 saturated heterocycles. The summed E-state index contributed by atoms with van der Waals surface area (Å²) in [5, 5.41) is 12.4. The van der Waals surface area contributed by atoms with Crippen LogP contribution in [-0.2, 0) is 0 Å². The lowest BCUT2D eigenvalue weighted by molar-refractivity contribution is 0.0927. The van der Waals surface area contributed by atoms with E-state index in [0.29, 0.717) is 28.1 Å². The molecule has 7 nitrogen and oxygen atoms in total. The van der Waals surface area contributed by atoms with E-state index in [1.807, 2.05) is 48.5 Å². The van der Waals surface area contributed by atoms with Crippen molar-refractivity contribution in [2.24, 2.45) is 0 Å². The number of rotatable bonds is 5. The highest BCUT2D eigenvalue weighted by Gasteiger charge is 2.17. The van der Waals surface area contributed by atoms with E-state index in [-0.39, 0.29) is 5.91 Å². The van der Waals surface area contributed by atoms with Gasteiger partial charge in [-0.3, -0.25) is 4.79 Å². The first-order valence-corrected chi connectivity index (χ1v) is 11.2. The SMILES string of the molecule is O=C(NC1CCCCC1)c1ccc(Nc2ncnc3c2cnn3-c2ccc(Cl)cc2)cc1. The van der Waals surface area contributed by atoms with Crippen molar-refractivity contribution in [3.8, 4) is 5.69 Å². The molecule has 0 atom stereocenters. The average molecular weight is 447 g/mol. The van der Waals surface area contributed by atoms with Gasteiger partial charge in [0.2, 0.25) is 0 Å². The molecule has 32 heavy (non-hydrogen) atoms. The zero-order valence-corrected chi connectivity index (χ0v) is 18.2. The molecule has 1 aliphatic carbocycles. The second-order valence-electron chi connectivity index (χ2n) is 8.00. The van der Waals surface area contributed by atoms with Crippen LogP contribution in [0.5, 0.6) is 0 Å². The summed E-state index contributed by atoms with van der Waals surface area (Å²) in [6, 6.07) is 15.1. The average Bonchev–Trinajstić information content (AvgIpc) is 3.26. The molecule has 5 rings (SSSR count). The first-order valence-electron chi connectivity index (χ1n) is 10.8. The van der Waals surface area contributed by atoms with Crippen LogP contribution in [-0.4, -0.2) is 31.7 Å². The van der Waals surface area contributed by atoms with Crippen LogP contribution in [0.3, 0.4) is 0 Å². The molecule has 162 valence electrons. The van der Waals surface area contributed by atoms with Crippen LogP contribution in [0.2, 0.25) is 5.02 Å². The minimum Gasteiger partial charge on any atom is -0.349 e. The van der Waals surface area contributed by atoms with Crippen molar-refractivity contribution in [2.45, 2.75) is 38.1 Å². The molecule has 0 spiro atoms. The minimum atomic E-state index is -0.0166. The fraction of sp³-hybridized carbons (Fsp3) is 0.250. The van der Waals surface area contributed by atoms with E-state index < -0.39 is 0 Å². The number of amides is 1. The van der Waals surface area contributed by atoms with Gasteiger partial charge in [0.1, 0.15) is 12.1 Å². The number of hydrogen-bond donors (Lipinski definition) is 2. The van der Waals surface area contributed by atoms with E-state index in [9.17, 15) is 4.79 Å². The first-order chi connectivity index (χ1) is 15.7. The van der Waals surface area contributed by atoms with E-state index in [4.69, 9.17) is 11.6 Å². The third-order valence-corrected chi connectivity index (χ3v) is 6.04. The maximum absolute atomic E-state index is 12.5. The number of carbonyl (C=O) groups is 1. The van der Waals surface area contributed by atoms with Crippen molar-refractivity contribution >= 4 is 40.0 Å². The van der Waals surface area contributed by atoms with Crippen molar-refractivity contribution in [1.82, 2.24) is 25.1 Å². The Kier molecular flexibility index (Phi) is 5.73. The zero-order valence-electron chi connectivity index (χ0n) is 17.5. The maximum atomic E-state index is 12.5. The predicted molar refractivity (Wildman–Crippen MR) is 126 cm³/mol. The summed E-state index contributed by atoms with van der Waals surface area (Å²) in [7, 11) is 0. The highest BCUT2D eigenvalue weighted by atomic mass is 35.5. The second-order valence-corrected chi connectivity index (χ2v) is 8.44. The molecule has 2 aromatic carbocycles. The Bertz CT molecular complexity index is 1230. The van der Waals surface area contributed by atoms with Gasteiger partial charge in [0.05, 0.1) is 17.3 Å². The van der Waals surface area contributed by atoms with Crippen molar-refractivity contribution in [1.29, 1.82) is 0 Å². The normalized spacial score (nSPS) is 14.4. The summed E-state index contributed by atoms with van der Waals surface area (Å²) >= 11 is 6.00. The third-order valence-electron chi connectivity index (χ3n) is 5.79. The van der Waals surface area contributed by atoms with Crippen molar-refractivity contribution in [2.75, 3.05) is 5.32 Å². The quantitative estimate of drug-likeness (QED) is 0.436. The smallest absolute Gasteiger partial charge is 0.251 e. The van der Waals surface area contributed by atoms with Crippen LogP contribution in [0.1, 0.15) is 42.5 Å². The highest BCUT2D eigenvalue weighted by Crippen LogP contribution is 2.25. The Morgan fingerprint density at radius 3 is 2.47 bits per heavy atom. The van der Waals surface area contributed by atoms with Crippen molar-refractivity contribution in [3.05, 3.63) is 71.6 Å². The monoisotopic (exact) mass is 446 g/mol. The zero-order chi connectivity index (χ0) is 21.9. The topological polar surface area (TPSA) is 84.7 Å². The molecule has 8 heteroatoms. The standard InChI is InChI=1S/C24H23ClN6O/c25-17-8-12-20(13-9-17)31-23-21(14-28-31)22(26-15-27-23)29-19-10-6-16(7-11-19)24(32)30-18-4-2-1-3-5-18/h6-15,18H,1-5H2,(H,30,32)(H,26,27,29). The summed E-state index contributed by atoms with van der Waals surface area (Å²) in [5.74, 6) is 0.631. The summed E-state index contributed by atoms with van der Waals surface area (Å²) in [6.07, 6.45) is 9.02. The van der Waals surface area contributed by atoms with Crippen LogP contribution >= 0.6 is 11.6 Å². The van der Waals surface area contributed by atoms with E-state index in [0.717, 1.165) is 29.6 Å². The molecular formula is C24H23ClN6O. The van der Waals surface area contributed by atoms with Crippen LogP contribution in [0.15, 0.2) is 61.1 Å². The van der Waals surface area contributed by atoms with Gasteiger partial charge in [-0.2, -0.15) is 5.10 Å². The predicted octanol–water partition coefficient (Wildman–Crippen LogP) is 5.28. The lowest BCUT2D eigenvalue weighted by atomic mass is 9.95. The number of fused-ring (bicyclic) bond motifs is 1. The maximum Gasteiger partial charge on any atom is 0.251 e. The lowest BCUT2D eigenvalue weighted by Crippen LogP contribution is -2.36. The van der Waals surface area contributed by atoms with E-state index in [1.165, 1.54) is 25.6 Å².